The van der Waals surface area contributed by atoms with E-state index in [2.05, 4.69) is 9.80 Å². The molecule has 0 aliphatic carbocycles. The molecular formula is C21H32N2O4. The van der Waals surface area contributed by atoms with Crippen LogP contribution >= 0.6 is 0 Å². The molecule has 3 rings (SSSR count). The van der Waals surface area contributed by atoms with Crippen molar-refractivity contribution in [1.29, 1.82) is 0 Å². The second-order valence-corrected chi connectivity index (χ2v) is 7.48. The number of rotatable bonds is 6. The third-order valence-corrected chi connectivity index (χ3v) is 5.70. The van der Waals surface area contributed by atoms with Gasteiger partial charge in [0.05, 0.1) is 27.2 Å². The molecule has 2 heterocycles. The molecule has 2 aliphatic heterocycles. The first-order chi connectivity index (χ1) is 13.2. The van der Waals surface area contributed by atoms with Crippen LogP contribution in [0.3, 0.4) is 0 Å². The van der Waals surface area contributed by atoms with E-state index < -0.39 is 0 Å². The first kappa shape index (κ1) is 19.8. The van der Waals surface area contributed by atoms with Gasteiger partial charge in [0.2, 0.25) is 5.91 Å². The SMILES string of the molecule is COc1cc(OC)c(OC)cc1CN1CCC[C@H](C(=O)N2CCCCC2)C1. The molecule has 0 spiro atoms. The number of benzene rings is 1. The Morgan fingerprint density at radius 3 is 2.26 bits per heavy atom. The zero-order valence-electron chi connectivity index (χ0n) is 16.8. The van der Waals surface area contributed by atoms with Crippen LogP contribution in [0.4, 0.5) is 0 Å². The molecule has 1 aromatic carbocycles. The van der Waals surface area contributed by atoms with Gasteiger partial charge < -0.3 is 19.1 Å². The van der Waals surface area contributed by atoms with E-state index in [0.29, 0.717) is 17.4 Å². The molecule has 27 heavy (non-hydrogen) atoms. The van der Waals surface area contributed by atoms with Crippen LogP contribution in [0, 0.1) is 5.92 Å². The van der Waals surface area contributed by atoms with Crippen molar-refractivity contribution in [3.8, 4) is 17.2 Å². The van der Waals surface area contributed by atoms with Crippen LogP contribution in [0.25, 0.3) is 0 Å². The zero-order valence-corrected chi connectivity index (χ0v) is 16.8. The third-order valence-electron chi connectivity index (χ3n) is 5.70. The molecule has 0 aromatic heterocycles. The first-order valence-electron chi connectivity index (χ1n) is 9.96. The number of piperidine rings is 2. The second-order valence-electron chi connectivity index (χ2n) is 7.48. The van der Waals surface area contributed by atoms with Crippen molar-refractivity contribution in [3.05, 3.63) is 17.7 Å². The fourth-order valence-electron chi connectivity index (χ4n) is 4.23. The van der Waals surface area contributed by atoms with Gasteiger partial charge in [-0.25, -0.2) is 0 Å². The average molecular weight is 376 g/mol. The van der Waals surface area contributed by atoms with Gasteiger partial charge in [-0.3, -0.25) is 9.69 Å². The van der Waals surface area contributed by atoms with Crippen LogP contribution in [-0.4, -0.2) is 63.2 Å². The zero-order chi connectivity index (χ0) is 19.2. The molecule has 2 aliphatic rings. The van der Waals surface area contributed by atoms with Crippen LogP contribution < -0.4 is 14.2 Å². The number of amides is 1. The molecule has 6 nitrogen and oxygen atoms in total. The van der Waals surface area contributed by atoms with Gasteiger partial charge in [0.25, 0.3) is 0 Å². The van der Waals surface area contributed by atoms with E-state index in [1.54, 1.807) is 21.3 Å². The Morgan fingerprint density at radius 1 is 0.926 bits per heavy atom. The quantitative estimate of drug-likeness (QED) is 0.764. The minimum Gasteiger partial charge on any atom is -0.496 e. The van der Waals surface area contributed by atoms with Crippen LogP contribution in [0.5, 0.6) is 17.2 Å². The number of hydrogen-bond donors (Lipinski definition) is 0. The summed E-state index contributed by atoms with van der Waals surface area (Å²) >= 11 is 0. The van der Waals surface area contributed by atoms with Crippen molar-refractivity contribution in [2.45, 2.75) is 38.6 Å². The van der Waals surface area contributed by atoms with Crippen molar-refractivity contribution in [2.75, 3.05) is 47.5 Å². The molecular weight excluding hydrogens is 344 g/mol. The molecule has 6 heteroatoms. The maximum atomic E-state index is 12.9. The highest BCUT2D eigenvalue weighted by Gasteiger charge is 2.30. The summed E-state index contributed by atoms with van der Waals surface area (Å²) in [5.41, 5.74) is 1.06. The summed E-state index contributed by atoms with van der Waals surface area (Å²) in [5.74, 6) is 2.61. The van der Waals surface area contributed by atoms with Gasteiger partial charge in [-0.2, -0.15) is 0 Å². The fourth-order valence-corrected chi connectivity index (χ4v) is 4.23. The average Bonchev–Trinajstić information content (AvgIpc) is 2.73. The Labute approximate surface area is 162 Å². The van der Waals surface area contributed by atoms with Gasteiger partial charge in [-0.15, -0.1) is 0 Å². The Bertz CT molecular complexity index is 643. The van der Waals surface area contributed by atoms with Gasteiger partial charge >= 0.3 is 0 Å². The summed E-state index contributed by atoms with van der Waals surface area (Å²) in [6.07, 6.45) is 5.59. The van der Waals surface area contributed by atoms with Crippen molar-refractivity contribution in [3.63, 3.8) is 0 Å². The minimum absolute atomic E-state index is 0.114. The molecule has 0 unspecified atom stereocenters. The molecule has 150 valence electrons. The molecule has 0 saturated carbocycles. The van der Waals surface area contributed by atoms with E-state index in [1.165, 1.54) is 6.42 Å². The highest BCUT2D eigenvalue weighted by atomic mass is 16.5. The van der Waals surface area contributed by atoms with E-state index in [1.807, 2.05) is 12.1 Å². The Hall–Kier alpha value is -1.95. The van der Waals surface area contributed by atoms with Gasteiger partial charge in [-0.05, 0) is 44.7 Å². The van der Waals surface area contributed by atoms with E-state index >= 15 is 0 Å². The molecule has 0 N–H and O–H groups in total. The molecule has 1 amide bonds. The van der Waals surface area contributed by atoms with Crippen LogP contribution in [0.1, 0.15) is 37.7 Å². The number of nitrogens with zero attached hydrogens (tertiary/aromatic N) is 2. The summed E-state index contributed by atoms with van der Waals surface area (Å²) in [6, 6.07) is 3.85. The number of hydrogen-bond acceptors (Lipinski definition) is 5. The number of ether oxygens (including phenoxy) is 3. The lowest BCUT2D eigenvalue weighted by Crippen LogP contribution is -2.46. The van der Waals surface area contributed by atoms with Crippen molar-refractivity contribution in [1.82, 2.24) is 9.80 Å². The smallest absolute Gasteiger partial charge is 0.226 e. The van der Waals surface area contributed by atoms with Crippen LogP contribution in [-0.2, 0) is 11.3 Å². The summed E-state index contributed by atoms with van der Waals surface area (Å²) < 4.78 is 16.4. The van der Waals surface area contributed by atoms with Gasteiger partial charge in [0.15, 0.2) is 11.5 Å². The summed E-state index contributed by atoms with van der Waals surface area (Å²) in [5, 5.41) is 0. The number of methoxy groups -OCH3 is 3. The van der Waals surface area contributed by atoms with Crippen molar-refractivity contribution in [2.24, 2.45) is 5.92 Å². The Kier molecular flexibility index (Phi) is 6.83. The van der Waals surface area contributed by atoms with Gasteiger partial charge in [-0.1, -0.05) is 0 Å². The molecule has 1 aromatic rings. The fraction of sp³-hybridized carbons (Fsp3) is 0.667. The third kappa shape index (κ3) is 4.67. The highest BCUT2D eigenvalue weighted by molar-refractivity contribution is 5.79. The van der Waals surface area contributed by atoms with E-state index in [0.717, 1.165) is 69.7 Å². The predicted octanol–water partition coefficient (Wildman–Crippen LogP) is 2.94. The molecule has 0 bridgehead atoms. The van der Waals surface area contributed by atoms with Gasteiger partial charge in [0.1, 0.15) is 5.75 Å². The monoisotopic (exact) mass is 376 g/mol. The summed E-state index contributed by atoms with van der Waals surface area (Å²) in [7, 11) is 4.93. The lowest BCUT2D eigenvalue weighted by atomic mass is 9.95. The number of likely N-dealkylation sites (tertiary alicyclic amines) is 2. The number of carbonyl (C=O) groups is 1. The molecule has 2 saturated heterocycles. The predicted molar refractivity (Wildman–Crippen MR) is 105 cm³/mol. The summed E-state index contributed by atoms with van der Waals surface area (Å²) in [6.45, 7) is 4.42. The first-order valence-corrected chi connectivity index (χ1v) is 9.96. The lowest BCUT2D eigenvalue weighted by Gasteiger charge is -2.36. The van der Waals surface area contributed by atoms with E-state index in [-0.39, 0.29) is 5.92 Å². The molecule has 1 atom stereocenters. The lowest BCUT2D eigenvalue weighted by molar-refractivity contribution is -0.138. The Morgan fingerprint density at radius 2 is 1.59 bits per heavy atom. The van der Waals surface area contributed by atoms with Gasteiger partial charge in [0, 0.05) is 37.8 Å². The van der Waals surface area contributed by atoms with Crippen LogP contribution in [0.15, 0.2) is 12.1 Å². The maximum Gasteiger partial charge on any atom is 0.226 e. The molecule has 2 fully saturated rings. The highest BCUT2D eigenvalue weighted by Crippen LogP contribution is 2.35. The second kappa shape index (κ2) is 9.31. The van der Waals surface area contributed by atoms with Crippen LogP contribution in [0.2, 0.25) is 0 Å². The van der Waals surface area contributed by atoms with Crippen molar-refractivity contribution >= 4 is 5.91 Å². The van der Waals surface area contributed by atoms with E-state index in [4.69, 9.17) is 14.2 Å². The standard InChI is InChI=1S/C21H32N2O4/c1-25-18-13-20(27-3)19(26-2)12-17(18)15-22-9-7-8-16(14-22)21(24)23-10-5-4-6-11-23/h12-13,16H,4-11,14-15H2,1-3H3/t16-/m0/s1. The molecule has 0 radical (unpaired) electrons. The van der Waals surface area contributed by atoms with Crippen molar-refractivity contribution < 1.29 is 19.0 Å². The minimum atomic E-state index is 0.114. The van der Waals surface area contributed by atoms with E-state index in [9.17, 15) is 4.79 Å². The normalized spacial score (nSPS) is 21.0. The Balaban J connectivity index is 1.69. The topological polar surface area (TPSA) is 51.2 Å². The summed E-state index contributed by atoms with van der Waals surface area (Å²) in [4.78, 5) is 17.3. The number of carbonyl (C=O) groups excluding carboxylic acids is 1. The largest absolute Gasteiger partial charge is 0.496 e. The maximum absolute atomic E-state index is 12.9.